The monoisotopic (exact) mass is 379 g/mol. The van der Waals surface area contributed by atoms with Gasteiger partial charge in [0.05, 0.1) is 22.3 Å². The minimum absolute atomic E-state index is 0.0275. The Hall–Kier alpha value is -1.86. The van der Waals surface area contributed by atoms with Crippen LogP contribution in [0.4, 0.5) is 4.39 Å². The highest BCUT2D eigenvalue weighted by Crippen LogP contribution is 2.36. The molecule has 0 unspecified atom stereocenters. The van der Waals surface area contributed by atoms with Gasteiger partial charge in [0.25, 0.3) is 5.91 Å². The number of sulfone groups is 1. The first-order valence-electron chi connectivity index (χ1n) is 7.97. The lowest BCUT2D eigenvalue weighted by molar-refractivity contribution is 0.0931. The summed E-state index contributed by atoms with van der Waals surface area (Å²) in [6.07, 6.45) is 0.662. The number of amides is 1. The predicted molar refractivity (Wildman–Crippen MR) is 96.1 cm³/mol. The van der Waals surface area contributed by atoms with E-state index in [0.717, 1.165) is 16.2 Å². The number of carbonyl (C=O) groups excluding carboxylic acids is 1. The fraction of sp³-hybridized carbons (Fsp3) is 0.278. The summed E-state index contributed by atoms with van der Waals surface area (Å²) in [6, 6.07) is 10.4. The summed E-state index contributed by atoms with van der Waals surface area (Å²) in [5, 5.41) is 2.87. The quantitative estimate of drug-likeness (QED) is 0.882. The van der Waals surface area contributed by atoms with Crippen LogP contribution in [-0.4, -0.2) is 25.8 Å². The third kappa shape index (κ3) is 3.72. The molecule has 0 bridgehead atoms. The largest absolute Gasteiger partial charge is 0.345 e. The highest BCUT2D eigenvalue weighted by atomic mass is 32.2. The lowest BCUT2D eigenvalue weighted by Crippen LogP contribution is -2.31. The summed E-state index contributed by atoms with van der Waals surface area (Å²) in [5.41, 5.74) is 0.862. The van der Waals surface area contributed by atoms with Crippen molar-refractivity contribution < 1.29 is 17.6 Å². The number of rotatable bonds is 4. The number of hydrogen-bond acceptors (Lipinski definition) is 4. The average molecular weight is 379 g/mol. The Bertz CT molecular complexity index is 912. The summed E-state index contributed by atoms with van der Waals surface area (Å²) >= 11 is 1.62. The van der Waals surface area contributed by atoms with Crippen LogP contribution in [0.15, 0.2) is 52.3 Å². The number of carbonyl (C=O) groups is 1. The molecule has 0 radical (unpaired) electrons. The number of fused-ring (bicyclic) bond motifs is 1. The van der Waals surface area contributed by atoms with E-state index in [4.69, 9.17) is 0 Å². The number of hydrogen-bond donors (Lipinski definition) is 1. The van der Waals surface area contributed by atoms with E-state index in [1.807, 2.05) is 0 Å². The smallest absolute Gasteiger partial charge is 0.253 e. The number of thioether (sulfide) groups is 1. The summed E-state index contributed by atoms with van der Waals surface area (Å²) in [5.74, 6) is -0.0848. The van der Waals surface area contributed by atoms with Gasteiger partial charge < -0.3 is 5.32 Å². The Balaban J connectivity index is 1.92. The van der Waals surface area contributed by atoms with Crippen LogP contribution < -0.4 is 5.32 Å². The summed E-state index contributed by atoms with van der Waals surface area (Å²) in [4.78, 5) is 13.7. The van der Waals surface area contributed by atoms with Gasteiger partial charge in [-0.3, -0.25) is 4.79 Å². The molecular weight excluding hydrogens is 361 g/mol. The molecule has 0 aromatic heterocycles. The Kier molecular flexibility index (Phi) is 5.15. The van der Waals surface area contributed by atoms with Gasteiger partial charge in [-0.25, -0.2) is 12.8 Å². The molecule has 0 spiro atoms. The first-order chi connectivity index (χ1) is 11.9. The van der Waals surface area contributed by atoms with Crippen molar-refractivity contribution in [3.05, 3.63) is 59.4 Å². The Morgan fingerprint density at radius 2 is 2.04 bits per heavy atom. The van der Waals surface area contributed by atoms with Gasteiger partial charge in [-0.15, -0.1) is 11.8 Å². The molecule has 4 nitrogen and oxygen atoms in total. The molecule has 1 aliphatic rings. The van der Waals surface area contributed by atoms with Gasteiger partial charge in [0.2, 0.25) is 0 Å². The summed E-state index contributed by atoms with van der Waals surface area (Å²) in [6.45, 7) is 1.54. The number of halogens is 1. The lowest BCUT2D eigenvalue weighted by Gasteiger charge is -2.26. The second-order valence-electron chi connectivity index (χ2n) is 5.74. The topological polar surface area (TPSA) is 63.2 Å². The van der Waals surface area contributed by atoms with Crippen molar-refractivity contribution >= 4 is 27.5 Å². The van der Waals surface area contributed by atoms with Crippen molar-refractivity contribution in [3.8, 4) is 0 Å². The minimum atomic E-state index is -3.51. The van der Waals surface area contributed by atoms with Crippen LogP contribution in [0.3, 0.4) is 0 Å². The molecular formula is C18H18FNO3S2. The molecule has 132 valence electrons. The summed E-state index contributed by atoms with van der Waals surface area (Å²) in [7, 11) is -3.51. The van der Waals surface area contributed by atoms with Gasteiger partial charge in [0, 0.05) is 10.6 Å². The van der Waals surface area contributed by atoms with Crippen molar-refractivity contribution in [2.24, 2.45) is 0 Å². The van der Waals surface area contributed by atoms with Gasteiger partial charge in [0.15, 0.2) is 9.84 Å². The third-order valence-corrected chi connectivity index (χ3v) is 7.07. The van der Waals surface area contributed by atoms with E-state index in [2.05, 4.69) is 5.32 Å². The van der Waals surface area contributed by atoms with Crippen molar-refractivity contribution in [2.75, 3.05) is 11.5 Å². The van der Waals surface area contributed by atoms with E-state index in [1.165, 1.54) is 24.3 Å². The van der Waals surface area contributed by atoms with Crippen molar-refractivity contribution in [1.82, 2.24) is 5.32 Å². The predicted octanol–water partition coefficient (Wildman–Crippen LogP) is 3.59. The molecule has 0 aliphatic carbocycles. The van der Waals surface area contributed by atoms with Crippen LogP contribution in [0.5, 0.6) is 0 Å². The first-order valence-corrected chi connectivity index (χ1v) is 10.6. The van der Waals surface area contributed by atoms with Crippen LogP contribution in [0.1, 0.15) is 35.3 Å². The van der Waals surface area contributed by atoms with Crippen molar-refractivity contribution in [3.63, 3.8) is 0 Å². The molecule has 7 heteroatoms. The van der Waals surface area contributed by atoms with E-state index in [1.54, 1.807) is 36.9 Å². The molecule has 0 saturated heterocycles. The molecule has 2 aromatic rings. The first kappa shape index (κ1) is 17.9. The molecule has 3 rings (SSSR count). The van der Waals surface area contributed by atoms with Crippen molar-refractivity contribution in [2.45, 2.75) is 29.2 Å². The van der Waals surface area contributed by atoms with Crippen LogP contribution in [-0.2, 0) is 9.84 Å². The van der Waals surface area contributed by atoms with E-state index in [9.17, 15) is 17.6 Å². The molecule has 0 fully saturated rings. The van der Waals surface area contributed by atoms with E-state index >= 15 is 0 Å². The molecule has 1 N–H and O–H groups in total. The fourth-order valence-corrected chi connectivity index (χ4v) is 5.03. The van der Waals surface area contributed by atoms with E-state index in [0.29, 0.717) is 6.42 Å². The molecule has 25 heavy (non-hydrogen) atoms. The maximum Gasteiger partial charge on any atom is 0.253 e. The zero-order valence-electron chi connectivity index (χ0n) is 13.7. The van der Waals surface area contributed by atoms with E-state index in [-0.39, 0.29) is 28.1 Å². The van der Waals surface area contributed by atoms with Gasteiger partial charge in [0.1, 0.15) is 5.82 Å². The normalized spacial score (nSPS) is 17.0. The molecule has 1 aliphatic heterocycles. The average Bonchev–Trinajstić information content (AvgIpc) is 2.62. The van der Waals surface area contributed by atoms with Crippen LogP contribution in [0.2, 0.25) is 0 Å². The summed E-state index contributed by atoms with van der Waals surface area (Å²) < 4.78 is 38.1. The van der Waals surface area contributed by atoms with Crippen molar-refractivity contribution in [1.29, 1.82) is 0 Å². The molecule has 1 amide bonds. The maximum absolute atomic E-state index is 13.6. The minimum Gasteiger partial charge on any atom is -0.345 e. The van der Waals surface area contributed by atoms with Crippen LogP contribution >= 0.6 is 11.8 Å². The van der Waals surface area contributed by atoms with Crippen LogP contribution in [0, 0.1) is 5.82 Å². The molecule has 0 saturated carbocycles. The third-order valence-electron chi connectivity index (χ3n) is 4.16. The second-order valence-corrected chi connectivity index (χ2v) is 9.13. The second kappa shape index (κ2) is 7.17. The number of nitrogens with one attached hydrogen (secondary N) is 1. The van der Waals surface area contributed by atoms with Gasteiger partial charge in [-0.1, -0.05) is 19.1 Å². The molecule has 1 atom stereocenters. The standard InChI is InChI=1S/C18H18FNO3S2/c1-2-25(22,23)17-6-4-3-5-13(17)18(21)20-15-9-10-24-16-8-7-12(19)11-14(15)16/h3-8,11,15H,2,9-10H2,1H3,(H,20,21)/t15-/m1/s1. The SMILES string of the molecule is CCS(=O)(=O)c1ccccc1C(=O)N[C@@H]1CCSc2ccc(F)cc21. The zero-order chi connectivity index (χ0) is 18.0. The Labute approximate surface area is 150 Å². The van der Waals surface area contributed by atoms with Gasteiger partial charge in [-0.05, 0) is 42.3 Å². The maximum atomic E-state index is 13.6. The lowest BCUT2D eigenvalue weighted by atomic mass is 10.0. The van der Waals surface area contributed by atoms with E-state index < -0.39 is 15.7 Å². The Morgan fingerprint density at radius 1 is 1.28 bits per heavy atom. The number of benzene rings is 2. The van der Waals surface area contributed by atoms with Gasteiger partial charge in [-0.2, -0.15) is 0 Å². The highest BCUT2D eigenvalue weighted by Gasteiger charge is 2.26. The molecule has 1 heterocycles. The highest BCUT2D eigenvalue weighted by molar-refractivity contribution is 7.99. The van der Waals surface area contributed by atoms with Gasteiger partial charge >= 0.3 is 0 Å². The molecule has 2 aromatic carbocycles. The fourth-order valence-electron chi connectivity index (χ4n) is 2.83. The van der Waals surface area contributed by atoms with Crippen LogP contribution in [0.25, 0.3) is 0 Å². The zero-order valence-corrected chi connectivity index (χ0v) is 15.3. The Morgan fingerprint density at radius 3 is 2.80 bits per heavy atom.